The van der Waals surface area contributed by atoms with Gasteiger partial charge in [0.15, 0.2) is 0 Å². The monoisotopic (exact) mass is 481 g/mol. The Bertz CT molecular complexity index is 994. The fourth-order valence-corrected chi connectivity index (χ4v) is 4.65. The van der Waals surface area contributed by atoms with Gasteiger partial charge in [-0.1, -0.05) is 36.4 Å². The van der Waals surface area contributed by atoms with Crippen LogP contribution in [-0.4, -0.2) is 47.5 Å². The molecule has 2 atom stereocenters. The molecule has 2 heterocycles. The minimum Gasteiger partial charge on any atom is -0.480 e. The predicted molar refractivity (Wildman–Crippen MR) is 132 cm³/mol. The first kappa shape index (κ1) is 25.0. The third-order valence-corrected chi connectivity index (χ3v) is 6.86. The molecule has 1 aliphatic heterocycles. The third-order valence-electron chi connectivity index (χ3n) is 6.86. The first-order chi connectivity index (χ1) is 17.0. The second-order valence-electron chi connectivity index (χ2n) is 9.49. The van der Waals surface area contributed by atoms with Crippen molar-refractivity contribution in [3.63, 3.8) is 0 Å². The van der Waals surface area contributed by atoms with Crippen LogP contribution in [0.4, 0.5) is 10.6 Å². The van der Waals surface area contributed by atoms with E-state index >= 15 is 0 Å². The molecule has 8 heteroatoms. The van der Waals surface area contributed by atoms with E-state index < -0.39 is 24.2 Å². The number of rotatable bonds is 11. The fraction of sp³-hybridized carbons (Fsp3) is 0.519. The highest BCUT2D eigenvalue weighted by Crippen LogP contribution is 2.34. The zero-order valence-corrected chi connectivity index (χ0v) is 20.2. The van der Waals surface area contributed by atoms with Crippen LogP contribution in [0.1, 0.15) is 62.0 Å². The van der Waals surface area contributed by atoms with E-state index in [1.165, 1.54) is 5.56 Å². The average molecular weight is 482 g/mol. The number of alkyl carbamates (subject to hydrolysis) is 1. The molecule has 1 aromatic heterocycles. The molecule has 0 spiro atoms. The minimum atomic E-state index is -1.10. The van der Waals surface area contributed by atoms with Gasteiger partial charge in [0.1, 0.15) is 18.0 Å². The van der Waals surface area contributed by atoms with Crippen molar-refractivity contribution in [1.82, 2.24) is 10.3 Å². The number of aryl methyl sites for hydroxylation is 2. The van der Waals surface area contributed by atoms with Crippen molar-refractivity contribution in [3.05, 3.63) is 59.3 Å². The number of hydrogen-bond donors (Lipinski definition) is 3. The van der Waals surface area contributed by atoms with Crippen LogP contribution < -0.4 is 10.6 Å². The molecule has 1 amide bonds. The minimum absolute atomic E-state index is 0.151. The van der Waals surface area contributed by atoms with Crippen LogP contribution in [0.25, 0.3) is 0 Å². The first-order valence-corrected chi connectivity index (χ1v) is 12.6. The molecule has 0 bridgehead atoms. The number of pyridine rings is 1. The molecule has 4 rings (SSSR count). The van der Waals surface area contributed by atoms with E-state index in [4.69, 9.17) is 14.5 Å². The van der Waals surface area contributed by atoms with Crippen LogP contribution in [0.3, 0.4) is 0 Å². The number of benzene rings is 1. The van der Waals surface area contributed by atoms with E-state index in [2.05, 4.69) is 22.8 Å². The third kappa shape index (κ3) is 7.18. The summed E-state index contributed by atoms with van der Waals surface area (Å²) in [6.07, 6.45) is 5.38. The second kappa shape index (κ2) is 12.0. The lowest BCUT2D eigenvalue weighted by Gasteiger charge is -2.35. The largest absolute Gasteiger partial charge is 0.480 e. The number of aliphatic carboxylic acids is 1. The molecule has 35 heavy (non-hydrogen) atoms. The fourth-order valence-electron chi connectivity index (χ4n) is 4.65. The van der Waals surface area contributed by atoms with E-state index in [-0.39, 0.29) is 19.1 Å². The van der Waals surface area contributed by atoms with Crippen molar-refractivity contribution in [2.75, 3.05) is 18.5 Å². The summed E-state index contributed by atoms with van der Waals surface area (Å²) in [6.45, 7) is 3.03. The Hall–Kier alpha value is -3.13. The molecule has 0 saturated heterocycles. The van der Waals surface area contributed by atoms with Gasteiger partial charge in [-0.3, -0.25) is 0 Å². The molecular formula is C27H35N3O5. The molecule has 3 N–H and O–H groups in total. The highest BCUT2D eigenvalue weighted by molar-refractivity contribution is 5.79. The van der Waals surface area contributed by atoms with Crippen LogP contribution in [0.2, 0.25) is 0 Å². The number of hydrogen-bond acceptors (Lipinski definition) is 6. The number of nitrogens with one attached hydrogen (secondary N) is 2. The number of amides is 1. The zero-order valence-electron chi connectivity index (χ0n) is 20.2. The Morgan fingerprint density at radius 3 is 2.77 bits per heavy atom. The Balaban J connectivity index is 1.12. The van der Waals surface area contributed by atoms with Crippen molar-refractivity contribution in [2.24, 2.45) is 5.92 Å². The topological polar surface area (TPSA) is 110 Å². The lowest BCUT2D eigenvalue weighted by atomic mass is 9.79. The number of ether oxygens (including phenoxy) is 2. The summed E-state index contributed by atoms with van der Waals surface area (Å²) in [5.41, 5.74) is 3.29. The highest BCUT2D eigenvalue weighted by atomic mass is 16.6. The van der Waals surface area contributed by atoms with Crippen molar-refractivity contribution in [1.29, 1.82) is 0 Å². The summed E-state index contributed by atoms with van der Waals surface area (Å²) >= 11 is 0. The molecule has 1 aliphatic carbocycles. The molecule has 2 aliphatic rings. The van der Waals surface area contributed by atoms with Crippen LogP contribution >= 0.6 is 0 Å². The zero-order chi connectivity index (χ0) is 24.6. The van der Waals surface area contributed by atoms with Gasteiger partial charge in [-0.05, 0) is 68.6 Å². The normalized spacial score (nSPS) is 20.5. The van der Waals surface area contributed by atoms with Crippen molar-refractivity contribution >= 4 is 17.9 Å². The molecular weight excluding hydrogens is 446 g/mol. The van der Waals surface area contributed by atoms with Crippen LogP contribution in [0.5, 0.6) is 0 Å². The van der Waals surface area contributed by atoms with Gasteiger partial charge in [0.05, 0.1) is 6.10 Å². The molecule has 2 aromatic rings. The van der Waals surface area contributed by atoms with E-state index in [0.29, 0.717) is 5.92 Å². The molecule has 1 aromatic carbocycles. The number of carbonyl (C=O) groups is 2. The van der Waals surface area contributed by atoms with Gasteiger partial charge in [-0.2, -0.15) is 0 Å². The summed E-state index contributed by atoms with van der Waals surface area (Å²) in [7, 11) is 0. The maximum Gasteiger partial charge on any atom is 0.408 e. The SMILES string of the molecule is C[C@H](OC(=O)NC(CCOC1CC(CCc2ccc3c(n2)NCCC3)C1)C(=O)O)c1ccccc1. The Kier molecular flexibility index (Phi) is 8.58. The van der Waals surface area contributed by atoms with Crippen molar-refractivity contribution in [2.45, 2.75) is 70.1 Å². The van der Waals surface area contributed by atoms with Gasteiger partial charge in [0, 0.05) is 25.3 Å². The van der Waals surface area contributed by atoms with Gasteiger partial charge >= 0.3 is 12.1 Å². The smallest absolute Gasteiger partial charge is 0.408 e. The molecule has 1 saturated carbocycles. The predicted octanol–water partition coefficient (Wildman–Crippen LogP) is 4.50. The first-order valence-electron chi connectivity index (χ1n) is 12.6. The standard InChI is InChI=1S/C27H35N3O5/c1-18(20-6-3-2-4-7-20)35-27(33)30-24(26(31)32)13-15-34-23-16-19(17-23)9-11-22-12-10-21-8-5-14-28-25(21)29-22/h2-4,6-7,10,12,18-19,23-24H,5,8-9,11,13-17H2,1H3,(H,28,29)(H,30,33)(H,31,32)/t18-,19?,23?,24?/m0/s1. The molecule has 8 nitrogen and oxygen atoms in total. The average Bonchev–Trinajstić information content (AvgIpc) is 2.84. The van der Waals surface area contributed by atoms with Crippen LogP contribution in [0.15, 0.2) is 42.5 Å². The van der Waals surface area contributed by atoms with Crippen LogP contribution in [-0.2, 0) is 27.1 Å². The van der Waals surface area contributed by atoms with E-state index in [1.807, 2.05) is 30.3 Å². The summed E-state index contributed by atoms with van der Waals surface area (Å²) in [6, 6.07) is 12.6. The molecule has 1 fully saturated rings. The van der Waals surface area contributed by atoms with Gasteiger partial charge in [0.2, 0.25) is 0 Å². The van der Waals surface area contributed by atoms with E-state index in [0.717, 1.165) is 62.1 Å². The highest BCUT2D eigenvalue weighted by Gasteiger charge is 2.30. The quantitative estimate of drug-likeness (QED) is 0.433. The van der Waals surface area contributed by atoms with Crippen LogP contribution in [0, 0.1) is 5.92 Å². The van der Waals surface area contributed by atoms with E-state index in [1.54, 1.807) is 6.92 Å². The van der Waals surface area contributed by atoms with Crippen molar-refractivity contribution < 1.29 is 24.2 Å². The lowest BCUT2D eigenvalue weighted by molar-refractivity contribution is -0.140. The van der Waals surface area contributed by atoms with Gasteiger partial charge < -0.3 is 25.2 Å². The van der Waals surface area contributed by atoms with Crippen molar-refractivity contribution in [3.8, 4) is 0 Å². The van der Waals surface area contributed by atoms with E-state index in [9.17, 15) is 14.7 Å². The summed E-state index contributed by atoms with van der Waals surface area (Å²) in [4.78, 5) is 28.5. The Morgan fingerprint density at radius 2 is 2.00 bits per heavy atom. The number of nitrogens with zero attached hydrogens (tertiary/aromatic N) is 1. The van der Waals surface area contributed by atoms with Gasteiger partial charge in [-0.25, -0.2) is 14.6 Å². The Morgan fingerprint density at radius 1 is 1.20 bits per heavy atom. The molecule has 0 radical (unpaired) electrons. The Labute approximate surface area is 206 Å². The number of fused-ring (bicyclic) bond motifs is 1. The summed E-state index contributed by atoms with van der Waals surface area (Å²) in [5, 5.41) is 15.3. The number of carbonyl (C=O) groups excluding carboxylic acids is 1. The summed E-state index contributed by atoms with van der Waals surface area (Å²) < 4.78 is 11.2. The molecule has 188 valence electrons. The maximum atomic E-state index is 12.2. The van der Waals surface area contributed by atoms with Gasteiger partial charge in [0.25, 0.3) is 0 Å². The second-order valence-corrected chi connectivity index (χ2v) is 9.49. The van der Waals surface area contributed by atoms with Gasteiger partial charge in [-0.15, -0.1) is 0 Å². The number of anilines is 1. The molecule has 1 unspecified atom stereocenters. The number of carboxylic acids is 1. The lowest BCUT2D eigenvalue weighted by Crippen LogP contribution is -2.42. The maximum absolute atomic E-state index is 12.2. The number of carboxylic acid groups (broad SMARTS) is 1. The summed E-state index contributed by atoms with van der Waals surface area (Å²) in [5.74, 6) is 0.550. The number of aromatic nitrogens is 1.